The first-order chi connectivity index (χ1) is 9.59. The van der Waals surface area contributed by atoms with Gasteiger partial charge in [-0.3, -0.25) is 0 Å². The van der Waals surface area contributed by atoms with Crippen LogP contribution in [0, 0.1) is 0 Å². The molecular weight excluding hydrogens is 258 g/mol. The first kappa shape index (κ1) is 14.7. The lowest BCUT2D eigenvalue weighted by Crippen LogP contribution is -2.67. The summed E-state index contributed by atoms with van der Waals surface area (Å²) in [6, 6.07) is 9.58. The molecule has 1 aromatic rings. The van der Waals surface area contributed by atoms with E-state index in [1.54, 1.807) is 6.08 Å². The van der Waals surface area contributed by atoms with Gasteiger partial charge in [0.25, 0.3) is 0 Å². The fraction of sp³-hybridized carbons (Fsp3) is 0.400. The minimum absolute atomic E-state index is 0.307. The van der Waals surface area contributed by atoms with Gasteiger partial charge in [-0.05, 0) is 12.0 Å². The molecule has 0 aliphatic carbocycles. The lowest BCUT2D eigenvalue weighted by molar-refractivity contribution is -0.167. The van der Waals surface area contributed by atoms with Crippen molar-refractivity contribution in [2.45, 2.75) is 24.2 Å². The van der Waals surface area contributed by atoms with Crippen LogP contribution in [0.4, 0.5) is 0 Å². The Morgan fingerprint density at radius 2 is 2.20 bits per heavy atom. The average Bonchev–Trinajstić information content (AvgIpc) is 2.49. The van der Waals surface area contributed by atoms with E-state index >= 15 is 0 Å². The van der Waals surface area contributed by atoms with Crippen molar-refractivity contribution >= 4 is 12.0 Å². The van der Waals surface area contributed by atoms with Gasteiger partial charge < -0.3 is 20.3 Å². The zero-order chi connectivity index (χ0) is 14.6. The molecule has 3 atom stereocenters. The Balaban J connectivity index is 2.23. The van der Waals surface area contributed by atoms with Crippen LogP contribution in [0.1, 0.15) is 12.0 Å². The normalized spacial score (nSPS) is 30.4. The summed E-state index contributed by atoms with van der Waals surface area (Å²) >= 11 is 0. The third-order valence-electron chi connectivity index (χ3n) is 3.51. The summed E-state index contributed by atoms with van der Waals surface area (Å²) < 4.78 is 10.2. The standard InChI is InChI=1S/C15H19NO4/c1-19-14(18)15(16)12(17)9-10-20-13(15)8-7-11-5-3-2-4-6-11/h2-8,12-13,17H,9-10,16H2,1H3/b8-7+/t12-,13+,15-/m0/s1. The maximum absolute atomic E-state index is 11.9. The van der Waals surface area contributed by atoms with Crippen molar-refractivity contribution in [1.29, 1.82) is 0 Å². The summed E-state index contributed by atoms with van der Waals surface area (Å²) in [5, 5.41) is 10.1. The molecule has 0 bridgehead atoms. The lowest BCUT2D eigenvalue weighted by atomic mass is 9.83. The summed E-state index contributed by atoms with van der Waals surface area (Å²) in [6.45, 7) is 0.348. The zero-order valence-electron chi connectivity index (χ0n) is 11.4. The van der Waals surface area contributed by atoms with E-state index in [-0.39, 0.29) is 0 Å². The highest BCUT2D eigenvalue weighted by atomic mass is 16.5. The average molecular weight is 277 g/mol. The van der Waals surface area contributed by atoms with Crippen LogP contribution in [-0.4, -0.2) is 42.5 Å². The van der Waals surface area contributed by atoms with Gasteiger partial charge >= 0.3 is 5.97 Å². The highest BCUT2D eigenvalue weighted by Gasteiger charge is 2.51. The number of ether oxygens (including phenoxy) is 2. The number of benzene rings is 1. The Bertz CT molecular complexity index is 488. The van der Waals surface area contributed by atoms with E-state index in [9.17, 15) is 9.90 Å². The molecule has 1 aliphatic rings. The van der Waals surface area contributed by atoms with Gasteiger partial charge in [0.2, 0.25) is 0 Å². The summed E-state index contributed by atoms with van der Waals surface area (Å²) in [4.78, 5) is 11.9. The number of carbonyl (C=O) groups is 1. The largest absolute Gasteiger partial charge is 0.467 e. The summed E-state index contributed by atoms with van der Waals surface area (Å²) in [7, 11) is 1.25. The number of rotatable bonds is 3. The van der Waals surface area contributed by atoms with Gasteiger partial charge in [0.05, 0.1) is 19.8 Å². The van der Waals surface area contributed by atoms with E-state index in [0.717, 1.165) is 5.56 Å². The molecule has 5 heteroatoms. The minimum atomic E-state index is -1.57. The molecule has 1 aliphatic heterocycles. The monoisotopic (exact) mass is 277 g/mol. The van der Waals surface area contributed by atoms with Crippen LogP contribution in [0.15, 0.2) is 36.4 Å². The fourth-order valence-electron chi connectivity index (χ4n) is 2.28. The maximum atomic E-state index is 11.9. The summed E-state index contributed by atoms with van der Waals surface area (Å²) in [5.41, 5.74) is 5.45. The Hall–Kier alpha value is -1.69. The van der Waals surface area contributed by atoms with E-state index in [2.05, 4.69) is 0 Å². The Kier molecular flexibility index (Phi) is 4.54. The van der Waals surface area contributed by atoms with Crippen molar-refractivity contribution in [2.24, 2.45) is 5.73 Å². The molecule has 1 saturated heterocycles. The van der Waals surface area contributed by atoms with Gasteiger partial charge in [0, 0.05) is 0 Å². The number of carbonyl (C=O) groups excluding carboxylic acids is 1. The molecule has 0 radical (unpaired) electrons. The van der Waals surface area contributed by atoms with Gasteiger partial charge in [-0.1, -0.05) is 42.5 Å². The number of esters is 1. The summed E-state index contributed by atoms with van der Waals surface area (Å²) in [5.74, 6) is -0.674. The van der Waals surface area contributed by atoms with E-state index in [0.29, 0.717) is 13.0 Å². The van der Waals surface area contributed by atoms with Crippen LogP contribution >= 0.6 is 0 Å². The third-order valence-corrected chi connectivity index (χ3v) is 3.51. The van der Waals surface area contributed by atoms with E-state index in [1.165, 1.54) is 7.11 Å². The van der Waals surface area contributed by atoms with E-state index in [4.69, 9.17) is 15.2 Å². The molecule has 5 nitrogen and oxygen atoms in total. The smallest absolute Gasteiger partial charge is 0.331 e. The number of aliphatic hydroxyl groups excluding tert-OH is 1. The highest BCUT2D eigenvalue weighted by Crippen LogP contribution is 2.26. The number of aliphatic hydroxyl groups is 1. The second-order valence-electron chi connectivity index (χ2n) is 4.79. The van der Waals surface area contributed by atoms with Crippen LogP contribution in [0.3, 0.4) is 0 Å². The number of hydrogen-bond acceptors (Lipinski definition) is 5. The molecule has 3 N–H and O–H groups in total. The molecule has 1 heterocycles. The Morgan fingerprint density at radius 3 is 2.85 bits per heavy atom. The van der Waals surface area contributed by atoms with E-state index < -0.39 is 23.7 Å². The van der Waals surface area contributed by atoms with Crippen LogP contribution in [-0.2, 0) is 14.3 Å². The van der Waals surface area contributed by atoms with Gasteiger partial charge in [0.15, 0.2) is 5.54 Å². The van der Waals surface area contributed by atoms with Crippen LogP contribution in [0.25, 0.3) is 6.08 Å². The molecule has 0 amide bonds. The second kappa shape index (κ2) is 6.17. The van der Waals surface area contributed by atoms with Crippen LogP contribution < -0.4 is 5.73 Å². The molecule has 1 aromatic carbocycles. The first-order valence-electron chi connectivity index (χ1n) is 6.49. The van der Waals surface area contributed by atoms with Crippen molar-refractivity contribution in [3.05, 3.63) is 42.0 Å². The molecule has 0 unspecified atom stereocenters. The van der Waals surface area contributed by atoms with E-state index in [1.807, 2.05) is 36.4 Å². The van der Waals surface area contributed by atoms with Crippen molar-refractivity contribution in [3.63, 3.8) is 0 Å². The maximum Gasteiger partial charge on any atom is 0.331 e. The molecular formula is C15H19NO4. The van der Waals surface area contributed by atoms with Crippen molar-refractivity contribution < 1.29 is 19.4 Å². The molecule has 1 fully saturated rings. The number of methoxy groups -OCH3 is 1. The SMILES string of the molecule is COC(=O)[C@]1(N)[C@@H](O)CCO[C@@H]1/C=C/c1ccccc1. The molecule has 0 aromatic heterocycles. The van der Waals surface area contributed by atoms with Gasteiger partial charge in [-0.2, -0.15) is 0 Å². The topological polar surface area (TPSA) is 81.8 Å². The first-order valence-corrected chi connectivity index (χ1v) is 6.49. The third kappa shape index (κ3) is 2.75. The van der Waals surface area contributed by atoms with Crippen molar-refractivity contribution in [3.8, 4) is 0 Å². The zero-order valence-corrected chi connectivity index (χ0v) is 11.4. The van der Waals surface area contributed by atoms with Crippen molar-refractivity contribution in [2.75, 3.05) is 13.7 Å². The van der Waals surface area contributed by atoms with Gasteiger partial charge in [-0.25, -0.2) is 4.79 Å². The quantitative estimate of drug-likeness (QED) is 0.796. The predicted molar refractivity (Wildman–Crippen MR) is 74.8 cm³/mol. The number of nitrogens with two attached hydrogens (primary N) is 1. The van der Waals surface area contributed by atoms with Crippen molar-refractivity contribution in [1.82, 2.24) is 0 Å². The Labute approximate surface area is 118 Å². The highest BCUT2D eigenvalue weighted by molar-refractivity contribution is 5.83. The summed E-state index contributed by atoms with van der Waals surface area (Å²) in [6.07, 6.45) is 2.09. The van der Waals surface area contributed by atoms with Gasteiger partial charge in [-0.15, -0.1) is 0 Å². The molecule has 20 heavy (non-hydrogen) atoms. The Morgan fingerprint density at radius 1 is 1.50 bits per heavy atom. The predicted octanol–water partition coefficient (Wildman–Crippen LogP) is 0.720. The lowest BCUT2D eigenvalue weighted by Gasteiger charge is -2.40. The van der Waals surface area contributed by atoms with Crippen LogP contribution in [0.5, 0.6) is 0 Å². The minimum Gasteiger partial charge on any atom is -0.467 e. The molecule has 0 spiro atoms. The fourth-order valence-corrected chi connectivity index (χ4v) is 2.28. The number of hydrogen-bond donors (Lipinski definition) is 2. The van der Waals surface area contributed by atoms with Gasteiger partial charge in [0.1, 0.15) is 6.10 Å². The molecule has 108 valence electrons. The second-order valence-corrected chi connectivity index (χ2v) is 4.79. The van der Waals surface area contributed by atoms with Crippen LogP contribution in [0.2, 0.25) is 0 Å². The molecule has 0 saturated carbocycles. The molecule has 2 rings (SSSR count).